The number of rotatable bonds is 6. The van der Waals surface area contributed by atoms with Gasteiger partial charge in [0.15, 0.2) is 0 Å². The van der Waals surface area contributed by atoms with Crippen LogP contribution in [0, 0.1) is 11.6 Å². The van der Waals surface area contributed by atoms with Crippen LogP contribution in [0.15, 0.2) is 121 Å². The van der Waals surface area contributed by atoms with E-state index in [-0.39, 0.29) is 23.2 Å². The number of amides is 2. The summed E-state index contributed by atoms with van der Waals surface area (Å²) in [5.74, 6) is -1.61. The maximum Gasteiger partial charge on any atom is 0.248 e. The molecule has 0 unspecified atom stereocenters. The summed E-state index contributed by atoms with van der Waals surface area (Å²) in [6, 6.07) is 31.0. The van der Waals surface area contributed by atoms with Crippen molar-refractivity contribution in [3.05, 3.63) is 144 Å². The Labute approximate surface area is 208 Å². The zero-order chi connectivity index (χ0) is 25.6. The highest BCUT2D eigenvalue weighted by Gasteiger charge is 2.03. The number of anilines is 2. The fraction of sp³-hybridized carbons (Fsp3) is 0. The average Bonchev–Trinajstić information content (AvgIpc) is 2.91. The van der Waals surface area contributed by atoms with E-state index in [0.29, 0.717) is 0 Å². The van der Waals surface area contributed by atoms with E-state index in [1.807, 2.05) is 60.7 Å². The van der Waals surface area contributed by atoms with Crippen molar-refractivity contribution < 1.29 is 18.4 Å². The van der Waals surface area contributed by atoms with Crippen LogP contribution >= 0.6 is 0 Å². The lowest BCUT2D eigenvalue weighted by Gasteiger charge is -2.02. The standard InChI is InChI=1S/2C15H12FNO/c2*16-13-8-4-5-9-14(13)17-15(18)11-10-12-6-2-1-3-7-12/h2*1-11H,(H,17,18)/b2*11-10+. The van der Waals surface area contributed by atoms with Gasteiger partial charge in [0.2, 0.25) is 11.8 Å². The lowest BCUT2D eigenvalue weighted by Crippen LogP contribution is -2.08. The van der Waals surface area contributed by atoms with Crippen molar-refractivity contribution in [3.8, 4) is 0 Å². The Hall–Kier alpha value is -4.84. The van der Waals surface area contributed by atoms with E-state index in [1.54, 1.807) is 36.4 Å². The molecular formula is C30H24F2N2O2. The van der Waals surface area contributed by atoms with Crippen molar-refractivity contribution in [2.45, 2.75) is 0 Å². The number of benzene rings is 4. The van der Waals surface area contributed by atoms with E-state index in [2.05, 4.69) is 10.6 Å². The Morgan fingerprint density at radius 2 is 0.833 bits per heavy atom. The summed E-state index contributed by atoms with van der Waals surface area (Å²) < 4.78 is 26.5. The van der Waals surface area contributed by atoms with Gasteiger partial charge >= 0.3 is 0 Å². The lowest BCUT2D eigenvalue weighted by molar-refractivity contribution is -0.112. The molecule has 0 aliphatic heterocycles. The molecule has 0 heterocycles. The molecule has 4 aromatic carbocycles. The summed E-state index contributed by atoms with van der Waals surface area (Å²) in [5.41, 5.74) is 2.20. The van der Waals surface area contributed by atoms with Gasteiger partial charge in [-0.1, -0.05) is 84.9 Å². The second kappa shape index (κ2) is 13.8. The third-order valence-electron chi connectivity index (χ3n) is 4.72. The quantitative estimate of drug-likeness (QED) is 0.292. The number of para-hydroxylation sites is 2. The van der Waals surface area contributed by atoms with E-state index in [1.165, 1.54) is 36.4 Å². The molecule has 180 valence electrons. The van der Waals surface area contributed by atoms with Gasteiger partial charge in [-0.2, -0.15) is 0 Å². The van der Waals surface area contributed by atoms with E-state index >= 15 is 0 Å². The Morgan fingerprint density at radius 3 is 1.19 bits per heavy atom. The van der Waals surface area contributed by atoms with E-state index in [9.17, 15) is 18.4 Å². The van der Waals surface area contributed by atoms with Crippen molar-refractivity contribution in [3.63, 3.8) is 0 Å². The topological polar surface area (TPSA) is 58.2 Å². The molecular weight excluding hydrogens is 458 g/mol. The first kappa shape index (κ1) is 25.8. The Kier molecular flexibility index (Phi) is 9.86. The minimum Gasteiger partial charge on any atom is -0.320 e. The minimum absolute atomic E-state index is 0.181. The van der Waals surface area contributed by atoms with Crippen LogP contribution < -0.4 is 10.6 Å². The summed E-state index contributed by atoms with van der Waals surface area (Å²) in [6.45, 7) is 0. The van der Waals surface area contributed by atoms with E-state index in [4.69, 9.17) is 0 Å². The molecule has 2 N–H and O–H groups in total. The van der Waals surface area contributed by atoms with Crippen LogP contribution in [0.4, 0.5) is 20.2 Å². The molecule has 4 rings (SSSR count). The number of nitrogens with one attached hydrogen (secondary N) is 2. The molecule has 4 aromatic rings. The van der Waals surface area contributed by atoms with Gasteiger partial charge in [-0.25, -0.2) is 8.78 Å². The fourth-order valence-corrected chi connectivity index (χ4v) is 2.95. The third-order valence-corrected chi connectivity index (χ3v) is 4.72. The van der Waals surface area contributed by atoms with Gasteiger partial charge in [0, 0.05) is 12.2 Å². The highest BCUT2D eigenvalue weighted by molar-refractivity contribution is 6.02. The summed E-state index contributed by atoms with van der Waals surface area (Å²) >= 11 is 0. The van der Waals surface area contributed by atoms with Crippen LogP contribution in [-0.2, 0) is 9.59 Å². The number of halogens is 2. The van der Waals surface area contributed by atoms with Crippen molar-refractivity contribution in [1.82, 2.24) is 0 Å². The first-order valence-corrected chi connectivity index (χ1v) is 11.1. The van der Waals surface area contributed by atoms with Crippen molar-refractivity contribution in [2.75, 3.05) is 10.6 Å². The number of carbonyl (C=O) groups is 2. The molecule has 0 aliphatic rings. The second-order valence-corrected chi connectivity index (χ2v) is 7.43. The van der Waals surface area contributed by atoms with Crippen LogP contribution in [0.5, 0.6) is 0 Å². The van der Waals surface area contributed by atoms with Gasteiger partial charge in [0.05, 0.1) is 11.4 Å². The Balaban J connectivity index is 0.000000201. The van der Waals surface area contributed by atoms with Gasteiger partial charge in [-0.15, -0.1) is 0 Å². The fourth-order valence-electron chi connectivity index (χ4n) is 2.95. The largest absolute Gasteiger partial charge is 0.320 e. The second-order valence-electron chi connectivity index (χ2n) is 7.43. The summed E-state index contributed by atoms with van der Waals surface area (Å²) in [7, 11) is 0. The van der Waals surface area contributed by atoms with Crippen LogP contribution in [-0.4, -0.2) is 11.8 Å². The molecule has 0 saturated carbocycles. The smallest absolute Gasteiger partial charge is 0.248 e. The molecule has 2 amide bonds. The number of hydrogen-bond donors (Lipinski definition) is 2. The summed E-state index contributed by atoms with van der Waals surface area (Å²) in [5, 5.41) is 4.96. The lowest BCUT2D eigenvalue weighted by atomic mass is 10.2. The molecule has 0 bridgehead atoms. The predicted molar refractivity (Wildman–Crippen MR) is 141 cm³/mol. The van der Waals surface area contributed by atoms with Crippen LogP contribution in [0.1, 0.15) is 11.1 Å². The highest BCUT2D eigenvalue weighted by atomic mass is 19.1. The van der Waals surface area contributed by atoms with Gasteiger partial charge in [-0.3, -0.25) is 9.59 Å². The zero-order valence-corrected chi connectivity index (χ0v) is 19.3. The maximum atomic E-state index is 13.3. The Bertz CT molecular complexity index is 1230. The van der Waals surface area contributed by atoms with Gasteiger partial charge in [0.25, 0.3) is 0 Å². The van der Waals surface area contributed by atoms with E-state index < -0.39 is 11.6 Å². The minimum atomic E-state index is -0.445. The van der Waals surface area contributed by atoms with Crippen molar-refractivity contribution >= 4 is 35.3 Å². The first-order valence-electron chi connectivity index (χ1n) is 11.1. The average molecular weight is 483 g/mol. The molecule has 0 aromatic heterocycles. The molecule has 0 fully saturated rings. The molecule has 6 heteroatoms. The molecule has 4 nitrogen and oxygen atoms in total. The first-order chi connectivity index (χ1) is 17.5. The van der Waals surface area contributed by atoms with Crippen LogP contribution in [0.2, 0.25) is 0 Å². The maximum absolute atomic E-state index is 13.3. The zero-order valence-electron chi connectivity index (χ0n) is 19.3. The normalized spacial score (nSPS) is 10.5. The molecule has 0 radical (unpaired) electrons. The van der Waals surface area contributed by atoms with Gasteiger partial charge in [0.1, 0.15) is 11.6 Å². The Morgan fingerprint density at radius 1 is 0.500 bits per heavy atom. The van der Waals surface area contributed by atoms with Crippen molar-refractivity contribution in [1.29, 1.82) is 0 Å². The van der Waals surface area contributed by atoms with Crippen LogP contribution in [0.3, 0.4) is 0 Å². The van der Waals surface area contributed by atoms with Gasteiger partial charge < -0.3 is 10.6 Å². The number of hydrogen-bond acceptors (Lipinski definition) is 2. The molecule has 0 aliphatic carbocycles. The monoisotopic (exact) mass is 482 g/mol. The highest BCUT2D eigenvalue weighted by Crippen LogP contribution is 2.13. The third kappa shape index (κ3) is 8.83. The summed E-state index contributed by atoms with van der Waals surface area (Å²) in [4.78, 5) is 23.1. The molecule has 0 saturated heterocycles. The van der Waals surface area contributed by atoms with Crippen LogP contribution in [0.25, 0.3) is 12.2 Å². The van der Waals surface area contributed by atoms with Crippen molar-refractivity contribution in [2.24, 2.45) is 0 Å². The van der Waals surface area contributed by atoms with Gasteiger partial charge in [-0.05, 0) is 47.5 Å². The number of carbonyl (C=O) groups excluding carboxylic acids is 2. The molecule has 36 heavy (non-hydrogen) atoms. The SMILES string of the molecule is O=C(/C=C/c1ccccc1)Nc1ccccc1F.O=C(/C=C/c1ccccc1)Nc1ccccc1F. The molecule has 0 atom stereocenters. The van der Waals surface area contributed by atoms with E-state index in [0.717, 1.165) is 11.1 Å². The predicted octanol–water partition coefficient (Wildman–Crippen LogP) is 6.96. The summed E-state index contributed by atoms with van der Waals surface area (Å²) in [6.07, 6.45) is 6.11. The molecule has 0 spiro atoms.